The van der Waals surface area contributed by atoms with Crippen LogP contribution in [-0.2, 0) is 5.41 Å². The molecule has 0 heterocycles. The highest BCUT2D eigenvalue weighted by molar-refractivity contribution is 5.47. The minimum absolute atomic E-state index is 0.329. The number of ether oxygens (including phenoxy) is 2. The predicted molar refractivity (Wildman–Crippen MR) is 69.0 cm³/mol. The van der Waals surface area contributed by atoms with Gasteiger partial charge < -0.3 is 14.8 Å². The number of hydrogen-bond acceptors (Lipinski definition) is 3. The van der Waals surface area contributed by atoms with Crippen LogP contribution in [0.5, 0.6) is 11.5 Å². The fourth-order valence-electron chi connectivity index (χ4n) is 2.25. The number of rotatable bonds is 6. The van der Waals surface area contributed by atoms with E-state index < -0.39 is 0 Å². The van der Waals surface area contributed by atoms with E-state index in [1.165, 1.54) is 18.4 Å². The van der Waals surface area contributed by atoms with Crippen LogP contribution >= 0.6 is 0 Å². The molecule has 0 atom stereocenters. The summed E-state index contributed by atoms with van der Waals surface area (Å²) in [7, 11) is 3.36. The van der Waals surface area contributed by atoms with Crippen LogP contribution in [0.2, 0.25) is 0 Å². The quantitative estimate of drug-likeness (QED) is 0.821. The fraction of sp³-hybridized carbons (Fsp3) is 0.571. The zero-order valence-corrected chi connectivity index (χ0v) is 10.9. The van der Waals surface area contributed by atoms with Crippen molar-refractivity contribution in [1.29, 1.82) is 0 Å². The lowest BCUT2D eigenvalue weighted by Gasteiger charge is -2.18. The minimum Gasteiger partial charge on any atom is -0.493 e. The first kappa shape index (κ1) is 12.2. The average molecular weight is 235 g/mol. The highest BCUT2D eigenvalue weighted by atomic mass is 16.5. The molecular weight excluding hydrogens is 214 g/mol. The zero-order chi connectivity index (χ0) is 12.3. The second-order valence-corrected chi connectivity index (χ2v) is 4.63. The molecule has 0 saturated heterocycles. The van der Waals surface area contributed by atoms with Crippen LogP contribution in [0.4, 0.5) is 0 Å². The summed E-state index contributed by atoms with van der Waals surface area (Å²) < 4.78 is 10.6. The van der Waals surface area contributed by atoms with Gasteiger partial charge in [-0.15, -0.1) is 0 Å². The lowest BCUT2D eigenvalue weighted by molar-refractivity contribution is 0.354. The van der Waals surface area contributed by atoms with Gasteiger partial charge in [0, 0.05) is 12.0 Å². The molecule has 0 aliphatic heterocycles. The second kappa shape index (κ2) is 4.96. The number of nitrogens with one attached hydrogen (secondary N) is 1. The Morgan fingerprint density at radius 2 is 1.88 bits per heavy atom. The van der Waals surface area contributed by atoms with Gasteiger partial charge in [-0.2, -0.15) is 0 Å². The lowest BCUT2D eigenvalue weighted by Crippen LogP contribution is -2.26. The molecule has 94 valence electrons. The molecular formula is C14H21NO2. The SMILES string of the molecule is CCNCC1(c2ccc(OC)c(OC)c2)CC1. The van der Waals surface area contributed by atoms with Crippen molar-refractivity contribution in [2.75, 3.05) is 27.3 Å². The van der Waals surface area contributed by atoms with Crippen molar-refractivity contribution in [3.63, 3.8) is 0 Å². The molecule has 3 nitrogen and oxygen atoms in total. The first-order valence-corrected chi connectivity index (χ1v) is 6.19. The molecule has 17 heavy (non-hydrogen) atoms. The molecule has 2 rings (SSSR count). The minimum atomic E-state index is 0.329. The number of hydrogen-bond donors (Lipinski definition) is 1. The monoisotopic (exact) mass is 235 g/mol. The molecule has 0 amide bonds. The smallest absolute Gasteiger partial charge is 0.161 e. The normalized spacial score (nSPS) is 16.6. The standard InChI is InChI=1S/C14H21NO2/c1-4-15-10-14(7-8-14)11-5-6-12(16-2)13(9-11)17-3/h5-6,9,15H,4,7-8,10H2,1-3H3. The van der Waals surface area contributed by atoms with Gasteiger partial charge in [-0.1, -0.05) is 13.0 Å². The van der Waals surface area contributed by atoms with Crippen molar-refractivity contribution in [1.82, 2.24) is 5.32 Å². The van der Waals surface area contributed by atoms with Crippen molar-refractivity contribution in [3.8, 4) is 11.5 Å². The Morgan fingerprint density at radius 3 is 2.41 bits per heavy atom. The van der Waals surface area contributed by atoms with E-state index in [-0.39, 0.29) is 0 Å². The van der Waals surface area contributed by atoms with Crippen LogP contribution in [0.15, 0.2) is 18.2 Å². The topological polar surface area (TPSA) is 30.5 Å². The van der Waals surface area contributed by atoms with Crippen LogP contribution in [0.25, 0.3) is 0 Å². The first-order valence-electron chi connectivity index (χ1n) is 6.19. The third kappa shape index (κ3) is 2.39. The molecule has 0 radical (unpaired) electrons. The molecule has 1 saturated carbocycles. The van der Waals surface area contributed by atoms with Gasteiger partial charge >= 0.3 is 0 Å². The van der Waals surface area contributed by atoms with Crippen molar-refractivity contribution >= 4 is 0 Å². The number of likely N-dealkylation sites (N-methyl/N-ethyl adjacent to an activating group) is 1. The van der Waals surface area contributed by atoms with E-state index in [2.05, 4.69) is 24.4 Å². The Hall–Kier alpha value is -1.22. The summed E-state index contributed by atoms with van der Waals surface area (Å²) >= 11 is 0. The molecule has 1 aromatic rings. The van der Waals surface area contributed by atoms with Gasteiger partial charge in [0.15, 0.2) is 11.5 Å². The van der Waals surface area contributed by atoms with Gasteiger partial charge in [0.2, 0.25) is 0 Å². The molecule has 0 spiro atoms. The van der Waals surface area contributed by atoms with Gasteiger partial charge in [0.05, 0.1) is 14.2 Å². The summed E-state index contributed by atoms with van der Waals surface area (Å²) in [5.74, 6) is 1.63. The number of methoxy groups -OCH3 is 2. The van der Waals surface area contributed by atoms with E-state index in [0.29, 0.717) is 5.41 Å². The predicted octanol–water partition coefficient (Wildman–Crippen LogP) is 2.34. The summed E-state index contributed by atoms with van der Waals surface area (Å²) in [6, 6.07) is 6.27. The molecule has 3 heteroatoms. The zero-order valence-electron chi connectivity index (χ0n) is 10.9. The van der Waals surface area contributed by atoms with E-state index >= 15 is 0 Å². The summed E-state index contributed by atoms with van der Waals surface area (Å²) in [6.07, 6.45) is 2.52. The molecule has 1 fully saturated rings. The second-order valence-electron chi connectivity index (χ2n) is 4.63. The van der Waals surface area contributed by atoms with E-state index in [0.717, 1.165) is 24.6 Å². The maximum Gasteiger partial charge on any atom is 0.161 e. The summed E-state index contributed by atoms with van der Waals surface area (Å²) in [5, 5.41) is 3.44. The van der Waals surface area contributed by atoms with E-state index in [9.17, 15) is 0 Å². The van der Waals surface area contributed by atoms with Crippen molar-refractivity contribution in [3.05, 3.63) is 23.8 Å². The summed E-state index contributed by atoms with van der Waals surface area (Å²) in [5.41, 5.74) is 1.69. The van der Waals surface area contributed by atoms with Crippen LogP contribution < -0.4 is 14.8 Å². The van der Waals surface area contributed by atoms with Gasteiger partial charge in [-0.25, -0.2) is 0 Å². The largest absolute Gasteiger partial charge is 0.493 e. The third-order valence-corrected chi connectivity index (χ3v) is 3.56. The Bertz CT molecular complexity index is 386. The van der Waals surface area contributed by atoms with Crippen LogP contribution in [0, 0.1) is 0 Å². The van der Waals surface area contributed by atoms with Gasteiger partial charge in [0.1, 0.15) is 0 Å². The fourth-order valence-corrected chi connectivity index (χ4v) is 2.25. The maximum absolute atomic E-state index is 5.36. The lowest BCUT2D eigenvalue weighted by atomic mass is 9.95. The van der Waals surface area contributed by atoms with Gasteiger partial charge in [0.25, 0.3) is 0 Å². The Morgan fingerprint density at radius 1 is 1.18 bits per heavy atom. The maximum atomic E-state index is 5.36. The molecule has 1 N–H and O–H groups in total. The molecule has 1 aromatic carbocycles. The molecule has 1 aliphatic carbocycles. The molecule has 0 aromatic heterocycles. The highest BCUT2D eigenvalue weighted by Gasteiger charge is 2.43. The third-order valence-electron chi connectivity index (χ3n) is 3.56. The summed E-state index contributed by atoms with van der Waals surface area (Å²) in [6.45, 7) is 4.22. The Balaban J connectivity index is 2.21. The van der Waals surface area contributed by atoms with E-state index in [1.54, 1.807) is 14.2 Å². The van der Waals surface area contributed by atoms with E-state index in [1.807, 2.05) is 6.07 Å². The van der Waals surface area contributed by atoms with Crippen molar-refractivity contribution in [2.45, 2.75) is 25.2 Å². The van der Waals surface area contributed by atoms with Crippen molar-refractivity contribution in [2.24, 2.45) is 0 Å². The first-order chi connectivity index (χ1) is 8.25. The molecule has 0 unspecified atom stereocenters. The average Bonchev–Trinajstić information content (AvgIpc) is 3.16. The van der Waals surface area contributed by atoms with Gasteiger partial charge in [-0.3, -0.25) is 0 Å². The molecule has 0 bridgehead atoms. The Labute approximate surface area is 103 Å². The van der Waals surface area contributed by atoms with Crippen molar-refractivity contribution < 1.29 is 9.47 Å². The van der Waals surface area contributed by atoms with Gasteiger partial charge in [-0.05, 0) is 37.1 Å². The Kier molecular flexibility index (Phi) is 3.57. The molecule has 1 aliphatic rings. The highest BCUT2D eigenvalue weighted by Crippen LogP contribution is 2.49. The number of benzene rings is 1. The van der Waals surface area contributed by atoms with Crippen LogP contribution in [-0.4, -0.2) is 27.3 Å². The van der Waals surface area contributed by atoms with Crippen LogP contribution in [0.1, 0.15) is 25.3 Å². The van der Waals surface area contributed by atoms with Crippen LogP contribution in [0.3, 0.4) is 0 Å². The summed E-state index contributed by atoms with van der Waals surface area (Å²) in [4.78, 5) is 0. The van der Waals surface area contributed by atoms with E-state index in [4.69, 9.17) is 9.47 Å².